The number of aryl methyl sites for hydroxylation is 1. The summed E-state index contributed by atoms with van der Waals surface area (Å²) in [5.74, 6) is 0. The Morgan fingerprint density at radius 1 is 1.07 bits per heavy atom. The zero-order valence-corrected chi connectivity index (χ0v) is 19.6. The number of ether oxygens (including phenoxy) is 1. The molecule has 0 aliphatic heterocycles. The van der Waals surface area contributed by atoms with E-state index in [2.05, 4.69) is 0 Å². The number of rotatable bonds is 0. The molecular weight excluding hydrogens is 416 g/mol. The summed E-state index contributed by atoms with van der Waals surface area (Å²) in [5.41, 5.74) is 0.234. The molecule has 0 spiro atoms. The van der Waals surface area contributed by atoms with Gasteiger partial charge in [0, 0.05) is 43.8 Å². The van der Waals surface area contributed by atoms with E-state index in [1.165, 1.54) is 10.8 Å². The average molecular weight is 445 g/mol. The largest absolute Gasteiger partial charge is 0.464 e. The van der Waals surface area contributed by atoms with Gasteiger partial charge < -0.3 is 19.0 Å². The Kier molecular flexibility index (Phi) is 7.61. The van der Waals surface area contributed by atoms with Gasteiger partial charge in [0.15, 0.2) is 4.77 Å². The Bertz CT molecular complexity index is 1050. The first kappa shape index (κ1) is 24.6. The van der Waals surface area contributed by atoms with Gasteiger partial charge in [0.2, 0.25) is 4.77 Å². The molecule has 0 radical (unpaired) electrons. The molecular formula is C18H28N4O5S2. The lowest BCUT2D eigenvalue weighted by molar-refractivity contribution is 0.0533. The zero-order chi connectivity index (χ0) is 22.7. The van der Waals surface area contributed by atoms with E-state index >= 15 is 0 Å². The minimum Gasteiger partial charge on any atom is -0.464 e. The second kappa shape index (κ2) is 8.95. The fraction of sp³-hybridized carbons (Fsp3) is 0.556. The van der Waals surface area contributed by atoms with Crippen LogP contribution in [-0.2, 0) is 35.5 Å². The van der Waals surface area contributed by atoms with E-state index in [-0.39, 0.29) is 16.7 Å². The van der Waals surface area contributed by atoms with E-state index in [0.717, 1.165) is 10.3 Å². The van der Waals surface area contributed by atoms with Crippen LogP contribution in [0.15, 0.2) is 18.6 Å². The predicted octanol–water partition coefficient (Wildman–Crippen LogP) is 3.73. The van der Waals surface area contributed by atoms with Crippen LogP contribution in [0.2, 0.25) is 0 Å². The van der Waals surface area contributed by atoms with Crippen molar-refractivity contribution in [1.82, 2.24) is 18.3 Å². The molecule has 2 aromatic rings. The zero-order valence-electron chi connectivity index (χ0n) is 17.9. The Morgan fingerprint density at radius 3 is 1.97 bits per heavy atom. The molecule has 2 rings (SSSR count). The maximum atomic E-state index is 11.6. The highest BCUT2D eigenvalue weighted by molar-refractivity contribution is 7.71. The molecule has 0 bridgehead atoms. The van der Waals surface area contributed by atoms with Crippen LogP contribution in [0.3, 0.4) is 0 Å². The van der Waals surface area contributed by atoms with Gasteiger partial charge in [-0.05, 0) is 33.0 Å². The van der Waals surface area contributed by atoms with Crippen molar-refractivity contribution in [2.24, 2.45) is 14.1 Å². The smallest absolute Gasteiger partial charge is 0.420 e. The third-order valence-corrected chi connectivity index (χ3v) is 4.80. The van der Waals surface area contributed by atoms with Crippen LogP contribution in [0.5, 0.6) is 0 Å². The first-order valence-electron chi connectivity index (χ1n) is 8.72. The number of imidazole rings is 2. The van der Waals surface area contributed by atoms with Crippen molar-refractivity contribution in [1.29, 1.82) is 0 Å². The summed E-state index contributed by atoms with van der Waals surface area (Å²) >= 11 is 5.26. The Labute approximate surface area is 178 Å². The molecule has 1 N–H and O–H groups in total. The van der Waals surface area contributed by atoms with Crippen molar-refractivity contribution >= 4 is 35.7 Å². The second-order valence-electron chi connectivity index (χ2n) is 8.38. The van der Waals surface area contributed by atoms with E-state index in [1.54, 1.807) is 56.4 Å². The van der Waals surface area contributed by atoms with Crippen molar-refractivity contribution in [2.75, 3.05) is 0 Å². The van der Waals surface area contributed by atoms with Gasteiger partial charge in [0.1, 0.15) is 16.9 Å². The van der Waals surface area contributed by atoms with Crippen LogP contribution in [0.25, 0.3) is 0 Å². The Hall–Kier alpha value is -2.40. The van der Waals surface area contributed by atoms with Crippen LogP contribution < -0.4 is 0 Å². The lowest BCUT2D eigenvalue weighted by Crippen LogP contribution is -2.27. The topological polar surface area (TPSA) is 100 Å². The molecule has 29 heavy (non-hydrogen) atoms. The van der Waals surface area contributed by atoms with E-state index < -0.39 is 17.8 Å². The van der Waals surface area contributed by atoms with Crippen LogP contribution in [-0.4, -0.2) is 45.4 Å². The normalized spacial score (nSPS) is 11.4. The molecule has 2 heterocycles. The van der Waals surface area contributed by atoms with E-state index in [4.69, 9.17) is 22.1 Å². The summed E-state index contributed by atoms with van der Waals surface area (Å²) in [6.45, 7) is 11.4. The first-order valence-corrected chi connectivity index (χ1v) is 9.87. The maximum absolute atomic E-state index is 11.6. The van der Waals surface area contributed by atoms with Crippen molar-refractivity contribution in [2.45, 2.75) is 52.6 Å². The van der Waals surface area contributed by atoms with Gasteiger partial charge in [-0.2, -0.15) is 0 Å². The molecule has 0 amide bonds. The number of carbonyl (C=O) groups excluding carboxylic acids is 1. The minimum atomic E-state index is -1.04. The number of hydrogen-bond donors (Lipinski definition) is 1. The van der Waals surface area contributed by atoms with E-state index in [0.29, 0.717) is 9.54 Å². The summed E-state index contributed by atoms with van der Waals surface area (Å²) in [4.78, 5) is 22.4. The standard InChI is InChI=1S/C9H14N2O3S.C9H14N2O2S/c1-9(2,3)14-8(12)11-6-5-10(4)7(11)15-13;1-9(2,3)6-5-11(8(12)13)7(14)10(6)4/h5-6H,1-4H3;5H,1-4H3,(H,12,13). The molecule has 9 nitrogen and oxygen atoms in total. The second-order valence-corrected chi connectivity index (χ2v) is 9.28. The van der Waals surface area contributed by atoms with Crippen molar-refractivity contribution in [3.05, 3.63) is 33.8 Å². The van der Waals surface area contributed by atoms with Crippen LogP contribution >= 0.6 is 12.2 Å². The minimum absolute atomic E-state index is 0.108. The number of carbonyl (C=O) groups is 2. The van der Waals surface area contributed by atoms with Crippen LogP contribution in [0, 0.1) is 9.54 Å². The van der Waals surface area contributed by atoms with E-state index in [9.17, 15) is 13.8 Å². The fourth-order valence-electron chi connectivity index (χ4n) is 2.38. The van der Waals surface area contributed by atoms with Crippen LogP contribution in [0.1, 0.15) is 47.2 Å². The van der Waals surface area contributed by atoms with Gasteiger partial charge in [-0.15, -0.1) is 0 Å². The third-order valence-electron chi connectivity index (χ3n) is 3.69. The molecule has 0 saturated heterocycles. The highest BCUT2D eigenvalue weighted by atomic mass is 32.1. The Balaban J connectivity index is 0.000000291. The van der Waals surface area contributed by atoms with Gasteiger partial charge in [0.05, 0.1) is 0 Å². The average Bonchev–Trinajstić information content (AvgIpc) is 3.06. The molecule has 2 aromatic heterocycles. The van der Waals surface area contributed by atoms with Gasteiger partial charge >= 0.3 is 12.2 Å². The monoisotopic (exact) mass is 444 g/mol. The fourth-order valence-corrected chi connectivity index (χ4v) is 3.00. The van der Waals surface area contributed by atoms with Gasteiger partial charge in [-0.3, -0.25) is 0 Å². The third kappa shape index (κ3) is 6.29. The SMILES string of the molecule is Cn1c(C(C)(C)C)cn(C(=O)O)c1=S.Cn1ccn(C(=O)OC(C)(C)C)c1=S=O. The van der Waals surface area contributed by atoms with Gasteiger partial charge in [-0.1, -0.05) is 20.8 Å². The summed E-state index contributed by atoms with van der Waals surface area (Å²) in [7, 11) is 3.48. The maximum Gasteiger partial charge on any atom is 0.420 e. The first-order chi connectivity index (χ1) is 13.1. The molecule has 0 unspecified atom stereocenters. The summed E-state index contributed by atoms with van der Waals surface area (Å²) < 4.78 is 22.1. The highest BCUT2D eigenvalue weighted by Gasteiger charge is 2.21. The number of aromatic nitrogens is 4. The summed E-state index contributed by atoms with van der Waals surface area (Å²) in [6.07, 6.45) is 3.13. The lowest BCUT2D eigenvalue weighted by atomic mass is 9.93. The van der Waals surface area contributed by atoms with Crippen molar-refractivity contribution in [3.63, 3.8) is 0 Å². The molecule has 0 fully saturated rings. The molecule has 0 aromatic carbocycles. The molecule has 0 saturated carbocycles. The molecule has 0 aliphatic carbocycles. The molecule has 0 atom stereocenters. The molecule has 162 valence electrons. The van der Waals surface area contributed by atoms with Crippen molar-refractivity contribution in [3.8, 4) is 0 Å². The van der Waals surface area contributed by atoms with E-state index in [1.807, 2.05) is 20.8 Å². The quantitative estimate of drug-likeness (QED) is 0.622. The highest BCUT2D eigenvalue weighted by Crippen LogP contribution is 2.22. The Morgan fingerprint density at radius 2 is 1.62 bits per heavy atom. The van der Waals surface area contributed by atoms with Crippen LogP contribution in [0.4, 0.5) is 9.59 Å². The van der Waals surface area contributed by atoms with Gasteiger partial charge in [0.25, 0.3) is 0 Å². The predicted molar refractivity (Wildman–Crippen MR) is 113 cm³/mol. The summed E-state index contributed by atoms with van der Waals surface area (Å²) in [5, 5.41) is 8.85. The van der Waals surface area contributed by atoms with Crippen molar-refractivity contribution < 1.29 is 23.6 Å². The number of carboxylic acid groups (broad SMARTS) is 1. The van der Waals surface area contributed by atoms with Gasteiger partial charge in [-0.25, -0.2) is 22.9 Å². The summed E-state index contributed by atoms with van der Waals surface area (Å²) in [6, 6.07) is 0. The number of hydrogen-bond acceptors (Lipinski definition) is 5. The molecule has 11 heteroatoms. The molecule has 0 aliphatic rings. The lowest BCUT2D eigenvalue weighted by Gasteiger charge is -2.19. The number of nitrogens with zero attached hydrogens (tertiary/aromatic N) is 4.